The molecular weight excluding hydrogens is 238 g/mol. The molecule has 0 aromatic heterocycles. The van der Waals surface area contributed by atoms with Crippen molar-refractivity contribution in [3.63, 3.8) is 0 Å². The Labute approximate surface area is 115 Å². The first-order chi connectivity index (χ1) is 8.75. The third-order valence-electron chi connectivity index (χ3n) is 3.87. The van der Waals surface area contributed by atoms with Crippen LogP contribution in [-0.2, 0) is 16.0 Å². The Morgan fingerprint density at radius 3 is 1.95 bits per heavy atom. The molecule has 0 spiro atoms. The van der Waals surface area contributed by atoms with E-state index >= 15 is 0 Å². The zero-order chi connectivity index (χ0) is 14.7. The highest BCUT2D eigenvalue weighted by molar-refractivity contribution is 6.34. The van der Waals surface area contributed by atoms with E-state index < -0.39 is 11.7 Å². The molecule has 0 unspecified atom stereocenters. The lowest BCUT2D eigenvalue weighted by atomic mass is 9.92. The van der Waals surface area contributed by atoms with E-state index in [1.54, 1.807) is 7.05 Å². The zero-order valence-electron chi connectivity index (χ0n) is 12.8. The molecule has 0 radical (unpaired) electrons. The Hall–Kier alpha value is -1.64. The van der Waals surface area contributed by atoms with Crippen molar-refractivity contribution < 1.29 is 9.59 Å². The second-order valence-electron chi connectivity index (χ2n) is 5.27. The predicted octanol–water partition coefficient (Wildman–Crippen LogP) is 2.51. The van der Waals surface area contributed by atoms with Crippen molar-refractivity contribution in [1.82, 2.24) is 4.90 Å². The molecule has 0 N–H and O–H groups in total. The number of amides is 1. The lowest BCUT2D eigenvalue weighted by Gasteiger charge is -2.19. The largest absolute Gasteiger partial charge is 0.339 e. The lowest BCUT2D eigenvalue weighted by molar-refractivity contribution is -0.142. The Morgan fingerprint density at radius 1 is 1.05 bits per heavy atom. The van der Waals surface area contributed by atoms with Crippen molar-refractivity contribution in [2.24, 2.45) is 0 Å². The fourth-order valence-electron chi connectivity index (χ4n) is 2.32. The number of hydrogen-bond donors (Lipinski definition) is 0. The molecule has 0 heterocycles. The Morgan fingerprint density at radius 2 is 1.53 bits per heavy atom. The summed E-state index contributed by atoms with van der Waals surface area (Å²) in [5.74, 6) is -0.823. The molecule has 1 aromatic carbocycles. The van der Waals surface area contributed by atoms with Crippen molar-refractivity contribution in [3.05, 3.63) is 33.9 Å². The number of nitrogens with zero attached hydrogens (tertiary/aromatic N) is 1. The molecule has 19 heavy (non-hydrogen) atoms. The average molecular weight is 261 g/mol. The van der Waals surface area contributed by atoms with Crippen LogP contribution in [-0.4, -0.2) is 30.2 Å². The molecule has 0 saturated heterocycles. The van der Waals surface area contributed by atoms with E-state index in [0.717, 1.165) is 6.42 Å². The first kappa shape index (κ1) is 15.4. The molecule has 0 fully saturated rings. The number of carbonyl (C=O) groups is 2. The molecule has 0 saturated carbocycles. The third-order valence-corrected chi connectivity index (χ3v) is 3.87. The predicted molar refractivity (Wildman–Crippen MR) is 77.4 cm³/mol. The van der Waals surface area contributed by atoms with Gasteiger partial charge >= 0.3 is 0 Å². The number of carbonyl (C=O) groups excluding carboxylic acids is 2. The number of ketones is 1. The highest BCUT2D eigenvalue weighted by Crippen LogP contribution is 2.22. The molecule has 104 valence electrons. The minimum Gasteiger partial charge on any atom is -0.339 e. The Balaban J connectivity index is 2.90. The molecule has 0 bridgehead atoms. The zero-order valence-corrected chi connectivity index (χ0v) is 12.8. The normalized spacial score (nSPS) is 10.4. The van der Waals surface area contributed by atoms with E-state index in [4.69, 9.17) is 0 Å². The molecule has 3 heteroatoms. The van der Waals surface area contributed by atoms with E-state index in [1.807, 2.05) is 0 Å². The second-order valence-corrected chi connectivity index (χ2v) is 5.27. The maximum Gasteiger partial charge on any atom is 0.289 e. The Kier molecular flexibility index (Phi) is 4.87. The maximum atomic E-state index is 11.5. The summed E-state index contributed by atoms with van der Waals surface area (Å²) in [7, 11) is 1.68. The molecule has 1 rings (SSSR count). The molecule has 0 aliphatic carbocycles. The summed E-state index contributed by atoms with van der Waals surface area (Å²) in [4.78, 5) is 24.1. The van der Waals surface area contributed by atoms with Crippen LogP contribution in [0.5, 0.6) is 0 Å². The SMILES string of the molecule is CC(=O)C(=O)N(C)CCc1c(C)c(C)cc(C)c1C. The summed E-state index contributed by atoms with van der Waals surface area (Å²) in [6.45, 7) is 10.3. The summed E-state index contributed by atoms with van der Waals surface area (Å²) in [5.41, 5.74) is 6.41. The smallest absolute Gasteiger partial charge is 0.289 e. The van der Waals surface area contributed by atoms with Crippen LogP contribution in [0, 0.1) is 27.7 Å². The van der Waals surface area contributed by atoms with Crippen LogP contribution in [0.2, 0.25) is 0 Å². The minimum atomic E-state index is -0.417. The van der Waals surface area contributed by atoms with Crippen LogP contribution in [0.25, 0.3) is 0 Å². The second kappa shape index (κ2) is 6.00. The van der Waals surface area contributed by atoms with Gasteiger partial charge in [-0.3, -0.25) is 9.59 Å². The standard InChI is InChI=1S/C16H23NO2/c1-10-9-11(2)13(4)15(12(10)3)7-8-17(6)16(19)14(5)18/h9H,7-8H2,1-6H3. The fraction of sp³-hybridized carbons (Fsp3) is 0.500. The number of aryl methyl sites for hydroxylation is 2. The van der Waals surface area contributed by atoms with Gasteiger partial charge in [-0.05, 0) is 61.9 Å². The lowest BCUT2D eigenvalue weighted by Crippen LogP contribution is -2.33. The molecule has 1 aromatic rings. The quantitative estimate of drug-likeness (QED) is 0.781. The van der Waals surface area contributed by atoms with Crippen LogP contribution < -0.4 is 0 Å². The van der Waals surface area contributed by atoms with Gasteiger partial charge in [0.25, 0.3) is 5.91 Å². The summed E-state index contributed by atoms with van der Waals surface area (Å²) >= 11 is 0. The fourth-order valence-corrected chi connectivity index (χ4v) is 2.32. The van der Waals surface area contributed by atoms with Crippen LogP contribution in [0.15, 0.2) is 6.07 Å². The number of hydrogen-bond acceptors (Lipinski definition) is 2. The summed E-state index contributed by atoms with van der Waals surface area (Å²) in [6, 6.07) is 2.19. The van der Waals surface area contributed by atoms with E-state index in [1.165, 1.54) is 39.6 Å². The molecule has 0 aliphatic heterocycles. The van der Waals surface area contributed by atoms with E-state index in [9.17, 15) is 9.59 Å². The van der Waals surface area contributed by atoms with E-state index in [-0.39, 0.29) is 0 Å². The summed E-state index contributed by atoms with van der Waals surface area (Å²) in [6.07, 6.45) is 0.787. The number of rotatable bonds is 4. The van der Waals surface area contributed by atoms with Gasteiger partial charge < -0.3 is 4.90 Å². The van der Waals surface area contributed by atoms with Gasteiger partial charge in [-0.25, -0.2) is 0 Å². The molecule has 1 amide bonds. The van der Waals surface area contributed by atoms with Gasteiger partial charge in [0.15, 0.2) is 0 Å². The van der Waals surface area contributed by atoms with Crippen LogP contribution in [0.3, 0.4) is 0 Å². The summed E-state index contributed by atoms with van der Waals surface area (Å²) in [5, 5.41) is 0. The van der Waals surface area contributed by atoms with Gasteiger partial charge in [0.05, 0.1) is 0 Å². The number of Topliss-reactive ketones (excluding diaryl/α,β-unsaturated/α-hetero) is 1. The van der Waals surface area contributed by atoms with Crippen molar-refractivity contribution in [3.8, 4) is 0 Å². The average Bonchev–Trinajstić information content (AvgIpc) is 2.35. The highest BCUT2D eigenvalue weighted by Gasteiger charge is 2.15. The van der Waals surface area contributed by atoms with Crippen molar-refractivity contribution in [2.45, 2.75) is 41.0 Å². The van der Waals surface area contributed by atoms with Gasteiger partial charge in [0, 0.05) is 20.5 Å². The van der Waals surface area contributed by atoms with E-state index in [2.05, 4.69) is 33.8 Å². The first-order valence-corrected chi connectivity index (χ1v) is 6.58. The van der Waals surface area contributed by atoms with Gasteiger partial charge in [0.1, 0.15) is 0 Å². The minimum absolute atomic E-state index is 0.406. The van der Waals surface area contributed by atoms with Crippen molar-refractivity contribution in [2.75, 3.05) is 13.6 Å². The molecular formula is C16H23NO2. The van der Waals surface area contributed by atoms with Crippen molar-refractivity contribution >= 4 is 11.7 Å². The van der Waals surface area contributed by atoms with Gasteiger partial charge in [-0.15, -0.1) is 0 Å². The first-order valence-electron chi connectivity index (χ1n) is 6.58. The topological polar surface area (TPSA) is 37.4 Å². The van der Waals surface area contributed by atoms with E-state index in [0.29, 0.717) is 6.54 Å². The number of likely N-dealkylation sites (N-methyl/N-ethyl adjacent to an activating group) is 1. The third kappa shape index (κ3) is 3.43. The molecule has 0 aliphatic rings. The van der Waals surface area contributed by atoms with Crippen LogP contribution >= 0.6 is 0 Å². The van der Waals surface area contributed by atoms with Gasteiger partial charge in [-0.2, -0.15) is 0 Å². The molecule has 0 atom stereocenters. The van der Waals surface area contributed by atoms with Crippen LogP contribution in [0.1, 0.15) is 34.7 Å². The summed E-state index contributed by atoms with van der Waals surface area (Å²) < 4.78 is 0. The maximum absolute atomic E-state index is 11.5. The Bertz CT molecular complexity index is 492. The van der Waals surface area contributed by atoms with Crippen LogP contribution in [0.4, 0.5) is 0 Å². The highest BCUT2D eigenvalue weighted by atomic mass is 16.2. The monoisotopic (exact) mass is 261 g/mol. The number of benzene rings is 1. The van der Waals surface area contributed by atoms with Crippen molar-refractivity contribution in [1.29, 1.82) is 0 Å². The van der Waals surface area contributed by atoms with Gasteiger partial charge in [-0.1, -0.05) is 6.07 Å². The van der Waals surface area contributed by atoms with Gasteiger partial charge in [0.2, 0.25) is 5.78 Å². The molecule has 3 nitrogen and oxygen atoms in total.